The largest absolute Gasteiger partial charge is 0.455 e. The number of esters is 1. The first-order valence-electron chi connectivity index (χ1n) is 8.09. The third-order valence-corrected chi connectivity index (χ3v) is 3.75. The molecule has 2 aromatic carbocycles. The highest BCUT2D eigenvalue weighted by molar-refractivity contribution is 5.93. The number of benzene rings is 2. The Balaban J connectivity index is 1.91. The molecule has 126 valence electrons. The van der Waals surface area contributed by atoms with Crippen LogP contribution in [-0.4, -0.2) is 18.5 Å². The van der Waals surface area contributed by atoms with Gasteiger partial charge < -0.3 is 10.1 Å². The van der Waals surface area contributed by atoms with Crippen LogP contribution in [0.1, 0.15) is 36.0 Å². The van der Waals surface area contributed by atoms with Crippen LogP contribution in [0.5, 0.6) is 0 Å². The van der Waals surface area contributed by atoms with Crippen LogP contribution in [0, 0.1) is 13.8 Å². The van der Waals surface area contributed by atoms with Gasteiger partial charge in [0.25, 0.3) is 5.91 Å². The second-order valence-electron chi connectivity index (χ2n) is 5.90. The number of nitrogens with one attached hydrogen (secondary N) is 1. The molecule has 0 unspecified atom stereocenters. The van der Waals surface area contributed by atoms with Gasteiger partial charge in [0, 0.05) is 5.69 Å². The zero-order valence-electron chi connectivity index (χ0n) is 14.3. The maximum Gasteiger partial charge on any atom is 0.313 e. The summed E-state index contributed by atoms with van der Waals surface area (Å²) in [7, 11) is 0. The second kappa shape index (κ2) is 8.29. The molecule has 0 bridgehead atoms. The molecular formula is C20H23NO3. The van der Waals surface area contributed by atoms with Crippen molar-refractivity contribution in [2.45, 2.75) is 33.1 Å². The quantitative estimate of drug-likeness (QED) is 0.817. The van der Waals surface area contributed by atoms with Crippen molar-refractivity contribution in [3.05, 3.63) is 65.2 Å². The molecule has 0 radical (unpaired) electrons. The van der Waals surface area contributed by atoms with Gasteiger partial charge in [-0.05, 0) is 49.1 Å². The highest BCUT2D eigenvalue weighted by Gasteiger charge is 2.20. The molecular weight excluding hydrogens is 302 g/mol. The van der Waals surface area contributed by atoms with Crippen molar-refractivity contribution in [2.24, 2.45) is 0 Å². The first-order valence-corrected chi connectivity index (χ1v) is 8.09. The Labute approximate surface area is 142 Å². The van der Waals surface area contributed by atoms with E-state index in [0.29, 0.717) is 12.1 Å². The number of ether oxygens (including phenoxy) is 1. The SMILES string of the molecule is CC[C@@H](C(=O)OCC(=O)Nc1cc(C)cc(C)c1)c1ccccc1. The van der Waals surface area contributed by atoms with E-state index in [-0.39, 0.29) is 24.4 Å². The highest BCUT2D eigenvalue weighted by atomic mass is 16.5. The van der Waals surface area contributed by atoms with Crippen LogP contribution < -0.4 is 5.32 Å². The molecule has 0 fully saturated rings. The van der Waals surface area contributed by atoms with Crippen molar-refractivity contribution in [1.29, 1.82) is 0 Å². The number of carbonyl (C=O) groups excluding carboxylic acids is 2. The molecule has 0 aliphatic rings. The van der Waals surface area contributed by atoms with E-state index >= 15 is 0 Å². The zero-order chi connectivity index (χ0) is 17.5. The predicted molar refractivity (Wildman–Crippen MR) is 95.0 cm³/mol. The fraction of sp³-hybridized carbons (Fsp3) is 0.300. The molecule has 0 spiro atoms. The fourth-order valence-electron chi connectivity index (χ4n) is 2.70. The molecule has 0 aromatic heterocycles. The van der Waals surface area contributed by atoms with Gasteiger partial charge in [-0.3, -0.25) is 9.59 Å². The number of rotatable bonds is 6. The van der Waals surface area contributed by atoms with E-state index in [1.807, 2.05) is 69.3 Å². The summed E-state index contributed by atoms with van der Waals surface area (Å²) in [6.07, 6.45) is 0.627. The first kappa shape index (κ1) is 17.7. The molecule has 0 saturated carbocycles. The Morgan fingerprint density at radius 1 is 1.04 bits per heavy atom. The first-order chi connectivity index (χ1) is 11.5. The van der Waals surface area contributed by atoms with Crippen LogP contribution in [-0.2, 0) is 14.3 Å². The number of anilines is 1. The van der Waals surface area contributed by atoms with Gasteiger partial charge in [-0.2, -0.15) is 0 Å². The van der Waals surface area contributed by atoms with Crippen molar-refractivity contribution < 1.29 is 14.3 Å². The van der Waals surface area contributed by atoms with Crippen LogP contribution in [0.2, 0.25) is 0 Å². The molecule has 0 heterocycles. The van der Waals surface area contributed by atoms with Gasteiger partial charge in [-0.15, -0.1) is 0 Å². The third kappa shape index (κ3) is 4.95. The molecule has 1 amide bonds. The summed E-state index contributed by atoms with van der Waals surface area (Å²) in [5.74, 6) is -1.06. The minimum absolute atomic E-state index is 0.283. The van der Waals surface area contributed by atoms with Crippen molar-refractivity contribution in [1.82, 2.24) is 0 Å². The van der Waals surface area contributed by atoms with E-state index in [1.54, 1.807) is 0 Å². The maximum atomic E-state index is 12.2. The van der Waals surface area contributed by atoms with Crippen molar-refractivity contribution in [3.8, 4) is 0 Å². The summed E-state index contributed by atoms with van der Waals surface area (Å²) >= 11 is 0. The molecule has 1 N–H and O–H groups in total. The number of hydrogen-bond acceptors (Lipinski definition) is 3. The zero-order valence-corrected chi connectivity index (χ0v) is 14.3. The summed E-state index contributed by atoms with van der Waals surface area (Å²) in [5, 5.41) is 2.76. The molecule has 2 aromatic rings. The van der Waals surface area contributed by atoms with E-state index in [2.05, 4.69) is 5.32 Å². The van der Waals surface area contributed by atoms with E-state index in [4.69, 9.17) is 4.74 Å². The van der Waals surface area contributed by atoms with Gasteiger partial charge >= 0.3 is 5.97 Å². The summed E-state index contributed by atoms with van der Waals surface area (Å²) in [6, 6.07) is 15.3. The van der Waals surface area contributed by atoms with E-state index in [1.165, 1.54) is 0 Å². The van der Waals surface area contributed by atoms with Crippen LogP contribution in [0.4, 0.5) is 5.69 Å². The number of aryl methyl sites for hydroxylation is 2. The molecule has 1 atom stereocenters. The van der Waals surface area contributed by atoms with Crippen molar-refractivity contribution in [3.63, 3.8) is 0 Å². The maximum absolute atomic E-state index is 12.2. The van der Waals surface area contributed by atoms with Crippen LogP contribution in [0.15, 0.2) is 48.5 Å². The van der Waals surface area contributed by atoms with Crippen LogP contribution >= 0.6 is 0 Å². The van der Waals surface area contributed by atoms with E-state index in [0.717, 1.165) is 16.7 Å². The lowest BCUT2D eigenvalue weighted by Gasteiger charge is -2.14. The Bertz CT molecular complexity index is 690. The highest BCUT2D eigenvalue weighted by Crippen LogP contribution is 2.20. The van der Waals surface area contributed by atoms with E-state index in [9.17, 15) is 9.59 Å². The Morgan fingerprint density at radius 3 is 2.25 bits per heavy atom. The van der Waals surface area contributed by atoms with Gasteiger partial charge in [-0.1, -0.05) is 43.3 Å². The lowest BCUT2D eigenvalue weighted by atomic mass is 9.97. The summed E-state index contributed by atoms with van der Waals surface area (Å²) in [5.41, 5.74) is 3.75. The third-order valence-electron chi connectivity index (χ3n) is 3.75. The fourth-order valence-corrected chi connectivity index (χ4v) is 2.70. The number of amides is 1. The Kier molecular flexibility index (Phi) is 6.13. The smallest absolute Gasteiger partial charge is 0.313 e. The predicted octanol–water partition coefficient (Wildman–Crippen LogP) is 3.98. The Hall–Kier alpha value is -2.62. The topological polar surface area (TPSA) is 55.4 Å². The Morgan fingerprint density at radius 2 is 1.67 bits per heavy atom. The van der Waals surface area contributed by atoms with Crippen LogP contribution in [0.3, 0.4) is 0 Å². The van der Waals surface area contributed by atoms with Crippen molar-refractivity contribution in [2.75, 3.05) is 11.9 Å². The minimum Gasteiger partial charge on any atom is -0.455 e. The molecule has 0 saturated heterocycles. The summed E-state index contributed by atoms with van der Waals surface area (Å²) in [6.45, 7) is 5.58. The lowest BCUT2D eigenvalue weighted by Crippen LogP contribution is -2.24. The van der Waals surface area contributed by atoms with Gasteiger partial charge in [0.2, 0.25) is 0 Å². The van der Waals surface area contributed by atoms with Gasteiger partial charge in [0.1, 0.15) is 0 Å². The van der Waals surface area contributed by atoms with E-state index < -0.39 is 0 Å². The minimum atomic E-state index is -0.376. The summed E-state index contributed by atoms with van der Waals surface area (Å²) in [4.78, 5) is 24.2. The lowest BCUT2D eigenvalue weighted by molar-refractivity contribution is -0.149. The monoisotopic (exact) mass is 325 g/mol. The molecule has 4 heteroatoms. The molecule has 2 rings (SSSR count). The van der Waals surface area contributed by atoms with Gasteiger partial charge in [0.05, 0.1) is 5.92 Å². The normalized spacial score (nSPS) is 11.6. The van der Waals surface area contributed by atoms with Gasteiger partial charge in [0.15, 0.2) is 6.61 Å². The summed E-state index contributed by atoms with van der Waals surface area (Å²) < 4.78 is 5.19. The van der Waals surface area contributed by atoms with Gasteiger partial charge in [-0.25, -0.2) is 0 Å². The number of hydrogen-bond donors (Lipinski definition) is 1. The molecule has 24 heavy (non-hydrogen) atoms. The second-order valence-corrected chi connectivity index (χ2v) is 5.90. The van der Waals surface area contributed by atoms with Crippen molar-refractivity contribution >= 4 is 17.6 Å². The van der Waals surface area contributed by atoms with Crippen LogP contribution in [0.25, 0.3) is 0 Å². The molecule has 0 aliphatic heterocycles. The standard InChI is InChI=1S/C20H23NO3/c1-4-18(16-8-6-5-7-9-16)20(23)24-13-19(22)21-17-11-14(2)10-15(3)12-17/h5-12,18H,4,13H2,1-3H3,(H,21,22)/t18-/m1/s1. The average molecular weight is 325 g/mol. The molecule has 0 aliphatic carbocycles. The molecule has 4 nitrogen and oxygen atoms in total. The average Bonchev–Trinajstić information content (AvgIpc) is 2.53. The number of carbonyl (C=O) groups is 2.